The second-order valence-corrected chi connectivity index (χ2v) is 16.2. The Hall–Kier alpha value is -7.55. The average Bonchev–Trinajstić information content (AvgIpc) is 3.48. The molecule has 0 bridgehead atoms. The highest BCUT2D eigenvalue weighted by atomic mass is 15.2. The zero-order chi connectivity index (χ0) is 38.6. The summed E-state index contributed by atoms with van der Waals surface area (Å²) in [4.78, 5) is 0. The van der Waals surface area contributed by atoms with E-state index >= 15 is 0 Å². The molecule has 3 heterocycles. The van der Waals surface area contributed by atoms with E-state index in [0.29, 0.717) is 0 Å². The summed E-state index contributed by atoms with van der Waals surface area (Å²) in [6.07, 6.45) is 2.43. The molecule has 0 fully saturated rings. The van der Waals surface area contributed by atoms with Crippen LogP contribution < -0.4 is 4.57 Å². The number of hydrogen-bond donors (Lipinski definition) is 0. The molecular weight excluding hydrogens is 713 g/mol. The minimum atomic E-state index is 0.738. The molecule has 0 aliphatic carbocycles. The van der Waals surface area contributed by atoms with Gasteiger partial charge in [-0.25, -0.2) is 9.13 Å². The quantitative estimate of drug-likeness (QED) is 0.156. The lowest BCUT2D eigenvalue weighted by Crippen LogP contribution is -2.34. The van der Waals surface area contributed by atoms with Gasteiger partial charge in [0.1, 0.15) is 13.1 Å². The molecule has 274 valence electrons. The summed E-state index contributed by atoms with van der Waals surface area (Å²) < 4.78 is 5.15. The van der Waals surface area contributed by atoms with E-state index < -0.39 is 0 Å². The van der Waals surface area contributed by atoms with Gasteiger partial charge in [-0.15, -0.1) is 0 Å². The summed E-state index contributed by atoms with van der Waals surface area (Å²) >= 11 is 0. The van der Waals surface area contributed by atoms with E-state index in [4.69, 9.17) is 0 Å². The van der Waals surface area contributed by atoms with Crippen LogP contribution in [0.15, 0.2) is 200 Å². The van der Waals surface area contributed by atoms with Gasteiger partial charge in [0.2, 0.25) is 6.33 Å². The van der Waals surface area contributed by atoms with Crippen LogP contribution in [0, 0.1) is 0 Å². The molecule has 0 N–H and O–H groups in total. The van der Waals surface area contributed by atoms with Crippen molar-refractivity contribution < 1.29 is 4.57 Å². The molecule has 13 rings (SSSR count). The van der Waals surface area contributed by atoms with Crippen molar-refractivity contribution in [3.05, 3.63) is 212 Å². The van der Waals surface area contributed by atoms with Crippen LogP contribution in [0.25, 0.3) is 110 Å². The predicted octanol–water partition coefficient (Wildman–Crippen LogP) is 14.1. The summed E-state index contributed by atoms with van der Waals surface area (Å²) in [5.41, 5.74) is 18.1. The van der Waals surface area contributed by atoms with Crippen molar-refractivity contribution in [3.63, 3.8) is 0 Å². The predicted molar refractivity (Wildman–Crippen MR) is 245 cm³/mol. The Morgan fingerprint density at radius 1 is 0.356 bits per heavy atom. The van der Waals surface area contributed by atoms with Gasteiger partial charge in [-0.05, 0) is 101 Å². The molecule has 2 heteroatoms. The van der Waals surface area contributed by atoms with Crippen molar-refractivity contribution in [2.24, 2.45) is 0 Å². The zero-order valence-electron chi connectivity index (χ0n) is 32.4. The smallest absolute Gasteiger partial charge is 0.225 e. The molecule has 0 amide bonds. The van der Waals surface area contributed by atoms with Crippen LogP contribution in [0.1, 0.15) is 11.1 Å². The number of fused-ring (bicyclic) bond motifs is 19. The largest absolute Gasteiger partial charge is 0.245 e. The Morgan fingerprint density at radius 2 is 0.797 bits per heavy atom. The summed E-state index contributed by atoms with van der Waals surface area (Å²) in [6.45, 7) is 1.48. The van der Waals surface area contributed by atoms with Crippen LogP contribution in [0.4, 0.5) is 0 Å². The first-order valence-electron chi connectivity index (χ1n) is 20.7. The molecule has 2 nitrogen and oxygen atoms in total. The first-order chi connectivity index (χ1) is 29.3. The van der Waals surface area contributed by atoms with Crippen molar-refractivity contribution in [2.45, 2.75) is 13.1 Å². The number of hydrogen-bond acceptors (Lipinski definition) is 0. The Balaban J connectivity index is 1.21. The minimum Gasteiger partial charge on any atom is -0.225 e. The van der Waals surface area contributed by atoms with E-state index in [-0.39, 0.29) is 0 Å². The third-order valence-electron chi connectivity index (χ3n) is 13.1. The molecule has 2 aliphatic rings. The molecule has 0 saturated carbocycles. The molecule has 1 aromatic heterocycles. The van der Waals surface area contributed by atoms with Crippen LogP contribution in [0.5, 0.6) is 0 Å². The third-order valence-corrected chi connectivity index (χ3v) is 13.1. The van der Waals surface area contributed by atoms with Gasteiger partial charge in [0.05, 0.1) is 0 Å². The topological polar surface area (TPSA) is 8.81 Å². The van der Waals surface area contributed by atoms with Crippen molar-refractivity contribution in [3.8, 4) is 67.0 Å². The fourth-order valence-corrected chi connectivity index (χ4v) is 10.6. The molecule has 59 heavy (non-hydrogen) atoms. The Kier molecular flexibility index (Phi) is 6.88. The fraction of sp³-hybridized carbons (Fsp3) is 0.0351. The van der Waals surface area contributed by atoms with Gasteiger partial charge >= 0.3 is 0 Å². The normalized spacial score (nSPS) is 12.6. The first kappa shape index (κ1) is 32.5. The number of imidazole rings is 1. The molecule has 0 spiro atoms. The molecule has 10 aromatic carbocycles. The van der Waals surface area contributed by atoms with Gasteiger partial charge in [-0.3, -0.25) is 0 Å². The van der Waals surface area contributed by atoms with Crippen molar-refractivity contribution in [1.29, 1.82) is 0 Å². The Labute approximate surface area is 342 Å². The highest BCUT2D eigenvalue weighted by molar-refractivity contribution is 6.17. The summed E-state index contributed by atoms with van der Waals surface area (Å²) in [5, 5.41) is 10.2. The molecule has 11 aromatic rings. The number of aromatic nitrogens is 2. The third kappa shape index (κ3) is 4.72. The lowest BCUT2D eigenvalue weighted by Gasteiger charge is -2.19. The SMILES string of the molecule is c1ccc(-c2cc3ccccc3c3c2Cn2c[n+]4c(c2-c2ccc5ccccc5c2-3)-c2ccc3ccccc3c2-c2c(c(-c3ccccc3)cc3ccccc23)C4)cc1. The summed E-state index contributed by atoms with van der Waals surface area (Å²) in [7, 11) is 0. The van der Waals surface area contributed by atoms with Gasteiger partial charge < -0.3 is 0 Å². The Bertz CT molecular complexity index is 3300. The maximum atomic E-state index is 2.57. The maximum absolute atomic E-state index is 2.57. The molecule has 0 saturated heterocycles. The van der Waals surface area contributed by atoms with Crippen molar-refractivity contribution in [2.75, 3.05) is 0 Å². The lowest BCUT2D eigenvalue weighted by atomic mass is 9.82. The molecular formula is C57H37N2+. The van der Waals surface area contributed by atoms with Crippen LogP contribution in [0.2, 0.25) is 0 Å². The van der Waals surface area contributed by atoms with Gasteiger partial charge in [-0.1, -0.05) is 170 Å². The average molecular weight is 750 g/mol. The van der Waals surface area contributed by atoms with E-state index in [0.717, 1.165) is 13.1 Å². The molecule has 0 radical (unpaired) electrons. The molecule has 2 aliphatic heterocycles. The fourth-order valence-electron chi connectivity index (χ4n) is 10.6. The first-order valence-corrected chi connectivity index (χ1v) is 20.7. The Morgan fingerprint density at radius 3 is 1.37 bits per heavy atom. The lowest BCUT2D eigenvalue weighted by molar-refractivity contribution is -0.676. The standard InChI is InChI=1S/C57H37N2/c1-3-15-36(16-4-1)48-31-40-21-9-13-25-44(40)54-50(48)33-58-35-59-34-51-49(37-17-5-2-6-18-37)32-41-22-10-14-26-45(41)55(51)53-43-24-12-8-20-39(43)28-30-47(53)57(59)56(58)46-29-27-38-19-7-11-23-42(38)52(46)54/h1-32,35H,33-34H2/q+1. The van der Waals surface area contributed by atoms with Crippen molar-refractivity contribution >= 4 is 43.1 Å². The number of nitrogens with zero attached hydrogens (tertiary/aromatic N) is 2. The number of benzene rings is 10. The van der Waals surface area contributed by atoms with E-state index in [2.05, 4.69) is 210 Å². The monoisotopic (exact) mass is 749 g/mol. The minimum absolute atomic E-state index is 0.738. The van der Waals surface area contributed by atoms with Crippen LogP contribution >= 0.6 is 0 Å². The van der Waals surface area contributed by atoms with Gasteiger partial charge in [0.15, 0.2) is 11.4 Å². The second-order valence-electron chi connectivity index (χ2n) is 16.2. The summed E-state index contributed by atoms with van der Waals surface area (Å²) in [5.74, 6) is 0. The van der Waals surface area contributed by atoms with Crippen LogP contribution in [0.3, 0.4) is 0 Å². The number of rotatable bonds is 2. The molecule has 0 atom stereocenters. The highest BCUT2D eigenvalue weighted by Gasteiger charge is 2.38. The maximum Gasteiger partial charge on any atom is 0.245 e. The van der Waals surface area contributed by atoms with Crippen LogP contribution in [-0.2, 0) is 13.1 Å². The zero-order valence-corrected chi connectivity index (χ0v) is 32.4. The van der Waals surface area contributed by atoms with Gasteiger partial charge in [-0.2, -0.15) is 0 Å². The van der Waals surface area contributed by atoms with Crippen LogP contribution in [-0.4, -0.2) is 4.57 Å². The van der Waals surface area contributed by atoms with Crippen molar-refractivity contribution in [1.82, 2.24) is 4.57 Å². The summed E-state index contributed by atoms with van der Waals surface area (Å²) in [6, 6.07) is 72.3. The highest BCUT2D eigenvalue weighted by Crippen LogP contribution is 2.53. The molecule has 0 unspecified atom stereocenters. The van der Waals surface area contributed by atoms with E-state index in [1.54, 1.807) is 0 Å². The van der Waals surface area contributed by atoms with Gasteiger partial charge in [0.25, 0.3) is 0 Å². The second kappa shape index (κ2) is 12.5. The van der Waals surface area contributed by atoms with E-state index in [9.17, 15) is 0 Å². The van der Waals surface area contributed by atoms with E-state index in [1.807, 2.05) is 0 Å². The van der Waals surface area contributed by atoms with Gasteiger partial charge in [0, 0.05) is 33.4 Å². The van der Waals surface area contributed by atoms with E-state index in [1.165, 1.54) is 121 Å².